The van der Waals surface area contributed by atoms with Crippen LogP contribution in [-0.4, -0.2) is 60.3 Å². The average molecular weight is 214 g/mol. The van der Waals surface area contributed by atoms with Crippen molar-refractivity contribution in [2.75, 3.05) is 33.3 Å². The van der Waals surface area contributed by atoms with Crippen molar-refractivity contribution < 1.29 is 5.11 Å². The summed E-state index contributed by atoms with van der Waals surface area (Å²) < 4.78 is 0. The number of hydrogen-bond donors (Lipinski definition) is 1. The highest BCUT2D eigenvalue weighted by atomic mass is 16.3. The molecule has 0 aromatic carbocycles. The highest BCUT2D eigenvalue weighted by Crippen LogP contribution is 2.15. The summed E-state index contributed by atoms with van der Waals surface area (Å²) in [5.74, 6) is 0.678. The molecule has 3 heteroatoms. The summed E-state index contributed by atoms with van der Waals surface area (Å²) in [7, 11) is 2.16. The summed E-state index contributed by atoms with van der Waals surface area (Å²) in [6.45, 7) is 10.3. The third-order valence-corrected chi connectivity index (χ3v) is 3.41. The van der Waals surface area contributed by atoms with Crippen molar-refractivity contribution >= 4 is 0 Å². The number of hydrogen-bond acceptors (Lipinski definition) is 3. The molecule has 0 amide bonds. The lowest BCUT2D eigenvalue weighted by Crippen LogP contribution is -2.44. The van der Waals surface area contributed by atoms with Crippen LogP contribution in [-0.2, 0) is 0 Å². The Labute approximate surface area is 94.1 Å². The van der Waals surface area contributed by atoms with Gasteiger partial charge in [0.25, 0.3) is 0 Å². The van der Waals surface area contributed by atoms with Gasteiger partial charge in [-0.1, -0.05) is 13.8 Å². The predicted octanol–water partition coefficient (Wildman–Crippen LogP) is 1.03. The van der Waals surface area contributed by atoms with Crippen molar-refractivity contribution in [1.29, 1.82) is 0 Å². The maximum Gasteiger partial charge on any atom is 0.0599 e. The van der Waals surface area contributed by atoms with Crippen LogP contribution in [0.2, 0.25) is 0 Å². The van der Waals surface area contributed by atoms with Gasteiger partial charge in [0, 0.05) is 31.7 Å². The van der Waals surface area contributed by atoms with E-state index in [0.29, 0.717) is 18.0 Å². The zero-order valence-electron chi connectivity index (χ0n) is 10.6. The van der Waals surface area contributed by atoms with E-state index in [-0.39, 0.29) is 6.61 Å². The fraction of sp³-hybridized carbons (Fsp3) is 1.00. The Bertz CT molecular complexity index is 184. The van der Waals surface area contributed by atoms with E-state index in [9.17, 15) is 5.11 Å². The number of rotatable bonds is 3. The van der Waals surface area contributed by atoms with Crippen LogP contribution in [0.5, 0.6) is 0 Å². The molecule has 0 aromatic heterocycles. The van der Waals surface area contributed by atoms with E-state index in [1.54, 1.807) is 0 Å². The molecule has 0 saturated carbocycles. The third-order valence-electron chi connectivity index (χ3n) is 3.41. The van der Waals surface area contributed by atoms with Crippen molar-refractivity contribution in [3.63, 3.8) is 0 Å². The van der Waals surface area contributed by atoms with Gasteiger partial charge in [0.2, 0.25) is 0 Å². The topological polar surface area (TPSA) is 26.7 Å². The van der Waals surface area contributed by atoms with Gasteiger partial charge in [-0.15, -0.1) is 0 Å². The Hall–Kier alpha value is -0.120. The molecule has 1 saturated heterocycles. The minimum Gasteiger partial charge on any atom is -0.395 e. The zero-order valence-corrected chi connectivity index (χ0v) is 10.6. The van der Waals surface area contributed by atoms with E-state index in [2.05, 4.69) is 37.6 Å². The largest absolute Gasteiger partial charge is 0.395 e. The molecule has 0 aliphatic carbocycles. The molecule has 90 valence electrons. The van der Waals surface area contributed by atoms with Gasteiger partial charge in [-0.3, -0.25) is 4.90 Å². The van der Waals surface area contributed by atoms with Crippen LogP contribution in [0, 0.1) is 5.92 Å². The van der Waals surface area contributed by atoms with Gasteiger partial charge in [0.15, 0.2) is 0 Å². The quantitative estimate of drug-likeness (QED) is 0.760. The maximum atomic E-state index is 9.44. The van der Waals surface area contributed by atoms with Gasteiger partial charge in [0.05, 0.1) is 6.61 Å². The van der Waals surface area contributed by atoms with Crippen LogP contribution in [0.1, 0.15) is 27.2 Å². The molecule has 0 radical (unpaired) electrons. The van der Waals surface area contributed by atoms with Gasteiger partial charge in [0.1, 0.15) is 0 Å². The minimum absolute atomic E-state index is 0.282. The molecule has 1 N–H and O–H groups in total. The van der Waals surface area contributed by atoms with E-state index in [0.717, 1.165) is 19.6 Å². The fourth-order valence-corrected chi connectivity index (χ4v) is 2.27. The molecule has 1 aliphatic rings. The van der Waals surface area contributed by atoms with Gasteiger partial charge >= 0.3 is 0 Å². The SMILES string of the molecule is CC(C)CN1CCC(C)N(C)CC1CO. The van der Waals surface area contributed by atoms with E-state index < -0.39 is 0 Å². The van der Waals surface area contributed by atoms with Crippen LogP contribution in [0.15, 0.2) is 0 Å². The molecule has 1 aliphatic heterocycles. The lowest BCUT2D eigenvalue weighted by Gasteiger charge is -2.30. The van der Waals surface area contributed by atoms with Gasteiger partial charge in [-0.2, -0.15) is 0 Å². The lowest BCUT2D eigenvalue weighted by atomic mass is 10.1. The molecule has 1 heterocycles. The summed E-state index contributed by atoms with van der Waals surface area (Å²) in [5, 5.41) is 9.44. The number of likely N-dealkylation sites (N-methyl/N-ethyl adjacent to an activating group) is 1. The Balaban J connectivity index is 2.60. The Morgan fingerprint density at radius 1 is 1.40 bits per heavy atom. The first kappa shape index (κ1) is 12.9. The smallest absolute Gasteiger partial charge is 0.0599 e. The Morgan fingerprint density at radius 3 is 2.60 bits per heavy atom. The lowest BCUT2D eigenvalue weighted by molar-refractivity contribution is 0.105. The van der Waals surface area contributed by atoms with Gasteiger partial charge in [-0.05, 0) is 26.3 Å². The van der Waals surface area contributed by atoms with Crippen molar-refractivity contribution in [2.24, 2.45) is 5.92 Å². The molecule has 1 rings (SSSR count). The van der Waals surface area contributed by atoms with Crippen molar-refractivity contribution in [3.05, 3.63) is 0 Å². The highest BCUT2D eigenvalue weighted by Gasteiger charge is 2.26. The van der Waals surface area contributed by atoms with Crippen LogP contribution >= 0.6 is 0 Å². The summed E-state index contributed by atoms with van der Waals surface area (Å²) in [6.07, 6.45) is 1.21. The van der Waals surface area contributed by atoms with Crippen LogP contribution in [0.3, 0.4) is 0 Å². The summed E-state index contributed by atoms with van der Waals surface area (Å²) >= 11 is 0. The van der Waals surface area contributed by atoms with Crippen LogP contribution in [0.4, 0.5) is 0 Å². The molecule has 2 unspecified atom stereocenters. The summed E-state index contributed by atoms with van der Waals surface area (Å²) in [6, 6.07) is 0.957. The van der Waals surface area contributed by atoms with E-state index in [1.165, 1.54) is 6.42 Å². The van der Waals surface area contributed by atoms with Crippen molar-refractivity contribution in [2.45, 2.75) is 39.3 Å². The van der Waals surface area contributed by atoms with Gasteiger partial charge < -0.3 is 10.0 Å². The number of aliphatic hydroxyl groups excluding tert-OH is 1. The van der Waals surface area contributed by atoms with Crippen molar-refractivity contribution in [3.8, 4) is 0 Å². The van der Waals surface area contributed by atoms with Crippen molar-refractivity contribution in [1.82, 2.24) is 9.80 Å². The maximum absolute atomic E-state index is 9.44. The molecule has 0 aromatic rings. The zero-order chi connectivity index (χ0) is 11.4. The second-order valence-electron chi connectivity index (χ2n) is 5.30. The van der Waals surface area contributed by atoms with Crippen LogP contribution < -0.4 is 0 Å². The van der Waals surface area contributed by atoms with Crippen LogP contribution in [0.25, 0.3) is 0 Å². The summed E-state index contributed by atoms with van der Waals surface area (Å²) in [4.78, 5) is 4.81. The summed E-state index contributed by atoms with van der Waals surface area (Å²) in [5.41, 5.74) is 0. The molecule has 3 nitrogen and oxygen atoms in total. The van der Waals surface area contributed by atoms with Gasteiger partial charge in [-0.25, -0.2) is 0 Å². The molecular weight excluding hydrogens is 188 g/mol. The molecule has 2 atom stereocenters. The minimum atomic E-state index is 0.282. The first-order chi connectivity index (χ1) is 7.04. The molecule has 1 fully saturated rings. The van der Waals surface area contributed by atoms with E-state index in [4.69, 9.17) is 0 Å². The fourth-order valence-electron chi connectivity index (χ4n) is 2.27. The second kappa shape index (κ2) is 5.83. The Kier molecular flexibility index (Phi) is 5.03. The number of nitrogens with zero attached hydrogens (tertiary/aromatic N) is 2. The molecule has 0 bridgehead atoms. The van der Waals surface area contributed by atoms with E-state index >= 15 is 0 Å². The molecule has 0 spiro atoms. The standard InChI is InChI=1S/C12H26N2O/c1-10(2)7-14-6-5-11(3)13(4)8-12(14)9-15/h10-12,15H,5-9H2,1-4H3. The highest BCUT2D eigenvalue weighted by molar-refractivity contribution is 4.82. The monoisotopic (exact) mass is 214 g/mol. The second-order valence-corrected chi connectivity index (χ2v) is 5.30. The molecular formula is C12H26N2O. The van der Waals surface area contributed by atoms with E-state index in [1.807, 2.05) is 0 Å². The number of aliphatic hydroxyl groups is 1. The Morgan fingerprint density at radius 2 is 2.07 bits per heavy atom. The first-order valence-corrected chi connectivity index (χ1v) is 6.09. The normalized spacial score (nSPS) is 30.8. The average Bonchev–Trinajstić information content (AvgIpc) is 2.30. The first-order valence-electron chi connectivity index (χ1n) is 6.09. The third kappa shape index (κ3) is 3.74. The molecule has 15 heavy (non-hydrogen) atoms. The predicted molar refractivity (Wildman–Crippen MR) is 64.0 cm³/mol.